The number of ether oxygens (including phenoxy) is 1. The third-order valence-corrected chi connectivity index (χ3v) is 4.42. The molecule has 0 saturated heterocycles. The topological polar surface area (TPSA) is 83.9 Å². The fourth-order valence-corrected chi connectivity index (χ4v) is 3.14. The van der Waals surface area contributed by atoms with Crippen LogP contribution in [0, 0.1) is 11.8 Å². The zero-order chi connectivity index (χ0) is 19.5. The van der Waals surface area contributed by atoms with Gasteiger partial charge in [-0.3, -0.25) is 9.59 Å². The van der Waals surface area contributed by atoms with Crippen molar-refractivity contribution in [1.82, 2.24) is 4.90 Å². The summed E-state index contributed by atoms with van der Waals surface area (Å²) in [5.74, 6) is -2.09. The number of rotatable bonds is 11. The molecule has 3 atom stereocenters. The molecule has 0 spiro atoms. The second-order valence-corrected chi connectivity index (χ2v) is 6.26. The second-order valence-electron chi connectivity index (χ2n) is 6.26. The van der Waals surface area contributed by atoms with Gasteiger partial charge in [0, 0.05) is 25.1 Å². The molecular weight excluding hydrogens is 334 g/mol. The second kappa shape index (κ2) is 11.4. The predicted octanol–water partition coefficient (Wildman–Crippen LogP) is 2.04. The summed E-state index contributed by atoms with van der Waals surface area (Å²) in [6, 6.07) is 0. The largest absolute Gasteiger partial charge is 0.463 e. The number of ketones is 1. The van der Waals surface area contributed by atoms with Crippen LogP contribution in [-0.2, 0) is 19.1 Å². The van der Waals surface area contributed by atoms with E-state index in [1.54, 1.807) is 30.1 Å². The van der Waals surface area contributed by atoms with Gasteiger partial charge in [0.2, 0.25) is 5.91 Å². The smallest absolute Gasteiger partial charge is 0.330 e. The van der Waals surface area contributed by atoms with Crippen LogP contribution in [0.4, 0.5) is 0 Å². The van der Waals surface area contributed by atoms with Crippen LogP contribution in [0.25, 0.3) is 0 Å². The lowest BCUT2D eigenvalue weighted by atomic mass is 9.94. The first-order chi connectivity index (χ1) is 12.5. The molecule has 0 radical (unpaired) electrons. The Balaban J connectivity index is 2.56. The first kappa shape index (κ1) is 21.8. The Morgan fingerprint density at radius 2 is 1.96 bits per heavy atom. The van der Waals surface area contributed by atoms with Crippen molar-refractivity contribution in [2.24, 2.45) is 11.8 Å². The Labute approximate surface area is 155 Å². The molecular formula is C20H29NO5. The lowest BCUT2D eigenvalue weighted by Crippen LogP contribution is -2.39. The van der Waals surface area contributed by atoms with E-state index in [0.29, 0.717) is 45.4 Å². The molecule has 1 saturated carbocycles. The van der Waals surface area contributed by atoms with Gasteiger partial charge in [-0.25, -0.2) is 4.79 Å². The van der Waals surface area contributed by atoms with Crippen molar-refractivity contribution in [2.45, 2.75) is 38.7 Å². The van der Waals surface area contributed by atoms with E-state index in [2.05, 4.69) is 13.2 Å². The maximum Gasteiger partial charge on any atom is 0.330 e. The number of nitrogens with zero attached hydrogens (tertiary/aromatic N) is 1. The number of hydrogen-bond donors (Lipinski definition) is 1. The lowest BCUT2D eigenvalue weighted by Gasteiger charge is -2.23. The van der Waals surface area contributed by atoms with Crippen molar-refractivity contribution >= 4 is 17.7 Å². The third-order valence-electron chi connectivity index (χ3n) is 4.42. The van der Waals surface area contributed by atoms with Crippen LogP contribution in [0.2, 0.25) is 0 Å². The van der Waals surface area contributed by atoms with Crippen molar-refractivity contribution in [2.75, 3.05) is 19.7 Å². The monoisotopic (exact) mass is 363 g/mol. The van der Waals surface area contributed by atoms with E-state index in [9.17, 15) is 19.5 Å². The van der Waals surface area contributed by atoms with Crippen molar-refractivity contribution in [1.29, 1.82) is 0 Å². The molecule has 0 heterocycles. The number of Topliss-reactive ketones (excluding diaryl/α,β-unsaturated/α-hetero) is 1. The molecule has 1 amide bonds. The zero-order valence-electron chi connectivity index (χ0n) is 15.4. The van der Waals surface area contributed by atoms with E-state index in [1.807, 2.05) is 0 Å². The SMILES string of the molecule is C=CCN(CC=C)C(=O)C1CCC(C(O)CC/C=C/C(=O)OCC)C1=O. The Bertz CT molecular complexity index is 544. The molecule has 0 aromatic carbocycles. The highest BCUT2D eigenvalue weighted by molar-refractivity contribution is 6.04. The summed E-state index contributed by atoms with van der Waals surface area (Å²) in [7, 11) is 0. The van der Waals surface area contributed by atoms with Gasteiger partial charge >= 0.3 is 5.97 Å². The molecule has 0 aromatic heterocycles. The highest BCUT2D eigenvalue weighted by Gasteiger charge is 2.42. The standard InChI is InChI=1S/C20H29NO5/c1-4-13-21(14-5-2)20(25)16-12-11-15(19(16)24)17(22)9-7-8-10-18(23)26-6-3/h4-5,8,10,15-17,22H,1-2,6-7,9,11-14H2,3H3/b10-8+. The minimum atomic E-state index is -0.820. The fraction of sp³-hybridized carbons (Fsp3) is 0.550. The molecule has 6 heteroatoms. The van der Waals surface area contributed by atoms with Gasteiger partial charge in [-0.1, -0.05) is 18.2 Å². The van der Waals surface area contributed by atoms with E-state index < -0.39 is 23.9 Å². The minimum absolute atomic E-state index is 0.199. The molecule has 1 N–H and O–H groups in total. The van der Waals surface area contributed by atoms with Crippen LogP contribution in [-0.4, -0.2) is 53.5 Å². The fourth-order valence-electron chi connectivity index (χ4n) is 3.14. The third kappa shape index (κ3) is 6.26. The van der Waals surface area contributed by atoms with Gasteiger partial charge in [0.1, 0.15) is 0 Å². The molecule has 26 heavy (non-hydrogen) atoms. The highest BCUT2D eigenvalue weighted by atomic mass is 16.5. The summed E-state index contributed by atoms with van der Waals surface area (Å²) in [6.45, 7) is 10.0. The number of hydrogen-bond acceptors (Lipinski definition) is 5. The number of esters is 1. The predicted molar refractivity (Wildman–Crippen MR) is 99.2 cm³/mol. The first-order valence-electron chi connectivity index (χ1n) is 9.01. The van der Waals surface area contributed by atoms with E-state index in [-0.39, 0.29) is 11.7 Å². The minimum Gasteiger partial charge on any atom is -0.463 e. The maximum atomic E-state index is 12.6. The Morgan fingerprint density at radius 1 is 1.31 bits per heavy atom. The lowest BCUT2D eigenvalue weighted by molar-refractivity contribution is -0.141. The quantitative estimate of drug-likeness (QED) is 0.263. The summed E-state index contributed by atoms with van der Waals surface area (Å²) in [4.78, 5) is 37.9. The Kier molecular flexibility index (Phi) is 9.58. The van der Waals surface area contributed by atoms with Crippen molar-refractivity contribution in [3.63, 3.8) is 0 Å². The van der Waals surface area contributed by atoms with Gasteiger partial charge in [0.15, 0.2) is 5.78 Å². The molecule has 1 aliphatic carbocycles. The molecule has 0 bridgehead atoms. The van der Waals surface area contributed by atoms with Gasteiger partial charge in [-0.2, -0.15) is 0 Å². The Morgan fingerprint density at radius 3 is 2.54 bits per heavy atom. The number of allylic oxidation sites excluding steroid dienone is 1. The van der Waals surface area contributed by atoms with Crippen LogP contribution in [0.3, 0.4) is 0 Å². The summed E-state index contributed by atoms with van der Waals surface area (Å²) < 4.78 is 4.77. The van der Waals surface area contributed by atoms with E-state index in [0.717, 1.165) is 0 Å². The highest BCUT2D eigenvalue weighted by Crippen LogP contribution is 2.32. The molecule has 144 valence electrons. The summed E-state index contributed by atoms with van der Waals surface area (Å²) in [5.41, 5.74) is 0. The van der Waals surface area contributed by atoms with Crippen molar-refractivity contribution in [3.05, 3.63) is 37.5 Å². The summed E-state index contributed by atoms with van der Waals surface area (Å²) in [6.07, 6.45) is 7.11. The van der Waals surface area contributed by atoms with Gasteiger partial charge in [0.25, 0.3) is 0 Å². The number of carbonyl (C=O) groups is 3. The molecule has 6 nitrogen and oxygen atoms in total. The van der Waals surface area contributed by atoms with Crippen molar-refractivity contribution < 1.29 is 24.2 Å². The van der Waals surface area contributed by atoms with Gasteiger partial charge in [0.05, 0.1) is 18.6 Å². The number of amides is 1. The number of aliphatic hydroxyl groups excluding tert-OH is 1. The van der Waals surface area contributed by atoms with Gasteiger partial charge < -0.3 is 14.7 Å². The van der Waals surface area contributed by atoms with Crippen LogP contribution in [0.15, 0.2) is 37.5 Å². The molecule has 0 aromatic rings. The summed E-state index contributed by atoms with van der Waals surface area (Å²) >= 11 is 0. The molecule has 1 fully saturated rings. The van der Waals surface area contributed by atoms with Crippen LogP contribution in [0.5, 0.6) is 0 Å². The van der Waals surface area contributed by atoms with E-state index >= 15 is 0 Å². The maximum absolute atomic E-state index is 12.6. The van der Waals surface area contributed by atoms with Gasteiger partial charge in [-0.15, -0.1) is 13.2 Å². The molecule has 0 aliphatic heterocycles. The van der Waals surface area contributed by atoms with Crippen LogP contribution < -0.4 is 0 Å². The Hall–Kier alpha value is -2.21. The molecule has 3 unspecified atom stereocenters. The van der Waals surface area contributed by atoms with Crippen molar-refractivity contribution in [3.8, 4) is 0 Å². The normalized spacial score (nSPS) is 20.8. The molecule has 1 rings (SSSR count). The average Bonchev–Trinajstić information content (AvgIpc) is 2.99. The number of carbonyl (C=O) groups excluding carboxylic acids is 3. The first-order valence-corrected chi connectivity index (χ1v) is 9.01. The van der Waals surface area contributed by atoms with E-state index in [1.165, 1.54) is 6.08 Å². The van der Waals surface area contributed by atoms with Gasteiger partial charge in [-0.05, 0) is 32.6 Å². The average molecular weight is 363 g/mol. The summed E-state index contributed by atoms with van der Waals surface area (Å²) in [5, 5.41) is 10.3. The zero-order valence-corrected chi connectivity index (χ0v) is 15.4. The van der Waals surface area contributed by atoms with Crippen LogP contribution >= 0.6 is 0 Å². The van der Waals surface area contributed by atoms with Crippen LogP contribution in [0.1, 0.15) is 32.6 Å². The molecule has 1 aliphatic rings. The number of aliphatic hydroxyl groups is 1. The van der Waals surface area contributed by atoms with E-state index in [4.69, 9.17) is 4.74 Å².